The topological polar surface area (TPSA) is 28.2 Å². The third-order valence-corrected chi connectivity index (χ3v) is 4.09. The van der Waals surface area contributed by atoms with Crippen LogP contribution in [0, 0.1) is 0 Å². The summed E-state index contributed by atoms with van der Waals surface area (Å²) in [6.07, 6.45) is 3.87. The summed E-state index contributed by atoms with van der Waals surface area (Å²) in [6.45, 7) is 8.99. The third kappa shape index (κ3) is 4.37. The fourth-order valence-corrected chi connectivity index (χ4v) is 2.90. The van der Waals surface area contributed by atoms with Crippen molar-refractivity contribution in [3.8, 4) is 0 Å². The molecule has 0 radical (unpaired) electrons. The Kier molecular flexibility index (Phi) is 4.95. The van der Waals surface area contributed by atoms with Crippen molar-refractivity contribution in [2.75, 3.05) is 19.6 Å². The zero-order valence-electron chi connectivity index (χ0n) is 10.9. The predicted octanol–water partition coefficient (Wildman–Crippen LogP) is 2.28. The number of nitrogens with zero attached hydrogens (tertiary/aromatic N) is 2. The number of hydrogen-bond donors (Lipinski definition) is 1. The van der Waals surface area contributed by atoms with Crippen LogP contribution in [0.3, 0.4) is 0 Å². The van der Waals surface area contributed by atoms with Crippen molar-refractivity contribution in [3.63, 3.8) is 0 Å². The number of rotatable bonds is 6. The van der Waals surface area contributed by atoms with E-state index in [1.807, 2.05) is 0 Å². The first-order valence-corrected chi connectivity index (χ1v) is 7.51. The monoisotopic (exact) mass is 253 g/mol. The van der Waals surface area contributed by atoms with E-state index < -0.39 is 0 Å². The fourth-order valence-electron chi connectivity index (χ4n) is 2.11. The summed E-state index contributed by atoms with van der Waals surface area (Å²) in [6, 6.07) is 0.532. The second-order valence-electron chi connectivity index (χ2n) is 5.07. The van der Waals surface area contributed by atoms with Crippen LogP contribution in [0.5, 0.6) is 0 Å². The third-order valence-electron chi connectivity index (χ3n) is 3.13. The van der Waals surface area contributed by atoms with E-state index in [4.69, 9.17) is 0 Å². The quantitative estimate of drug-likeness (QED) is 0.843. The molecule has 0 aliphatic carbocycles. The maximum Gasteiger partial charge on any atom is 0.0941 e. The summed E-state index contributed by atoms with van der Waals surface area (Å²) in [4.78, 5) is 7.22. The molecule has 0 aromatic carbocycles. The van der Waals surface area contributed by atoms with Gasteiger partial charge >= 0.3 is 0 Å². The van der Waals surface area contributed by atoms with E-state index in [-0.39, 0.29) is 0 Å². The van der Waals surface area contributed by atoms with Crippen molar-refractivity contribution in [2.24, 2.45) is 0 Å². The molecule has 96 valence electrons. The van der Waals surface area contributed by atoms with Gasteiger partial charge in [0.25, 0.3) is 0 Å². The molecule has 1 fully saturated rings. The summed E-state index contributed by atoms with van der Waals surface area (Å²) < 4.78 is 0. The highest BCUT2D eigenvalue weighted by atomic mass is 32.1. The van der Waals surface area contributed by atoms with E-state index in [1.54, 1.807) is 11.3 Å². The van der Waals surface area contributed by atoms with Gasteiger partial charge < -0.3 is 10.2 Å². The first-order chi connectivity index (χ1) is 8.24. The lowest BCUT2D eigenvalue weighted by Crippen LogP contribution is -2.22. The van der Waals surface area contributed by atoms with E-state index >= 15 is 0 Å². The summed E-state index contributed by atoms with van der Waals surface area (Å²) in [5, 5.41) is 6.88. The van der Waals surface area contributed by atoms with Gasteiger partial charge in [-0.05, 0) is 25.9 Å². The molecule has 1 aromatic rings. The van der Waals surface area contributed by atoms with Crippen molar-refractivity contribution >= 4 is 11.3 Å². The number of nitrogens with one attached hydrogen (secondary N) is 1. The summed E-state index contributed by atoms with van der Waals surface area (Å²) >= 11 is 1.81. The highest BCUT2D eigenvalue weighted by molar-refractivity contribution is 7.09. The van der Waals surface area contributed by atoms with E-state index in [0.717, 1.165) is 13.0 Å². The average molecular weight is 253 g/mol. The second-order valence-corrected chi connectivity index (χ2v) is 6.01. The summed E-state index contributed by atoms with van der Waals surface area (Å²) in [5.41, 5.74) is 1.19. The van der Waals surface area contributed by atoms with Crippen molar-refractivity contribution in [1.29, 1.82) is 0 Å². The van der Waals surface area contributed by atoms with Crippen LogP contribution in [-0.4, -0.2) is 35.6 Å². The van der Waals surface area contributed by atoms with Gasteiger partial charge in [0, 0.05) is 30.9 Å². The van der Waals surface area contributed by atoms with Crippen LogP contribution in [-0.2, 0) is 13.0 Å². The maximum atomic E-state index is 4.67. The standard InChI is InChI=1S/C13H23N3S/c1-11(2)14-9-12-10-17-13(15-12)5-8-16-6-3-4-7-16/h10-11,14H,3-9H2,1-2H3. The maximum absolute atomic E-state index is 4.67. The Hall–Kier alpha value is -0.450. The van der Waals surface area contributed by atoms with Gasteiger partial charge in [-0.1, -0.05) is 13.8 Å². The molecule has 0 saturated carbocycles. The largest absolute Gasteiger partial charge is 0.309 e. The minimum Gasteiger partial charge on any atom is -0.309 e. The summed E-state index contributed by atoms with van der Waals surface area (Å²) in [5.74, 6) is 0. The second kappa shape index (κ2) is 6.47. The number of thiazole rings is 1. The first-order valence-electron chi connectivity index (χ1n) is 6.63. The zero-order valence-corrected chi connectivity index (χ0v) is 11.7. The van der Waals surface area contributed by atoms with Gasteiger partial charge in [0.1, 0.15) is 0 Å². The minimum atomic E-state index is 0.532. The van der Waals surface area contributed by atoms with E-state index in [2.05, 4.69) is 34.4 Å². The minimum absolute atomic E-state index is 0.532. The van der Waals surface area contributed by atoms with Gasteiger partial charge in [0.05, 0.1) is 10.7 Å². The number of hydrogen-bond acceptors (Lipinski definition) is 4. The Bertz CT molecular complexity index is 329. The Labute approximate surface area is 108 Å². The van der Waals surface area contributed by atoms with Crippen LogP contribution in [0.15, 0.2) is 5.38 Å². The van der Waals surface area contributed by atoms with Crippen molar-refractivity contribution in [2.45, 2.75) is 45.7 Å². The molecule has 1 aromatic heterocycles. The van der Waals surface area contributed by atoms with Crippen LogP contribution in [0.25, 0.3) is 0 Å². The molecule has 0 amide bonds. The van der Waals surface area contributed by atoms with Crippen LogP contribution in [0.2, 0.25) is 0 Å². The van der Waals surface area contributed by atoms with Gasteiger partial charge in [-0.2, -0.15) is 0 Å². The number of aromatic nitrogens is 1. The Morgan fingerprint density at radius 1 is 1.41 bits per heavy atom. The lowest BCUT2D eigenvalue weighted by molar-refractivity contribution is 0.343. The summed E-state index contributed by atoms with van der Waals surface area (Å²) in [7, 11) is 0. The van der Waals surface area contributed by atoms with Crippen molar-refractivity contribution in [3.05, 3.63) is 16.1 Å². The van der Waals surface area contributed by atoms with Crippen molar-refractivity contribution in [1.82, 2.24) is 15.2 Å². The normalized spacial score (nSPS) is 17.1. The molecule has 0 unspecified atom stereocenters. The predicted molar refractivity (Wildman–Crippen MR) is 73.5 cm³/mol. The molecule has 1 N–H and O–H groups in total. The molecule has 0 bridgehead atoms. The van der Waals surface area contributed by atoms with Gasteiger partial charge in [0.15, 0.2) is 0 Å². The van der Waals surface area contributed by atoms with Gasteiger partial charge in [0.2, 0.25) is 0 Å². The zero-order chi connectivity index (χ0) is 12.1. The molecule has 1 saturated heterocycles. The Balaban J connectivity index is 1.73. The molecule has 17 heavy (non-hydrogen) atoms. The van der Waals surface area contributed by atoms with Crippen molar-refractivity contribution < 1.29 is 0 Å². The lowest BCUT2D eigenvalue weighted by atomic mass is 10.3. The Morgan fingerprint density at radius 2 is 2.18 bits per heavy atom. The van der Waals surface area contributed by atoms with Gasteiger partial charge in [-0.15, -0.1) is 11.3 Å². The molecule has 3 nitrogen and oxygen atoms in total. The SMILES string of the molecule is CC(C)NCc1csc(CCN2CCCC2)n1. The molecule has 2 heterocycles. The molecule has 1 aliphatic heterocycles. The molecular formula is C13H23N3S. The molecule has 4 heteroatoms. The van der Waals surface area contributed by atoms with E-state index in [0.29, 0.717) is 6.04 Å². The molecule has 2 rings (SSSR count). The lowest BCUT2D eigenvalue weighted by Gasteiger charge is -2.12. The molecule has 0 spiro atoms. The van der Waals surface area contributed by atoms with Crippen LogP contribution in [0.4, 0.5) is 0 Å². The van der Waals surface area contributed by atoms with Gasteiger partial charge in [-0.3, -0.25) is 0 Å². The molecule has 1 aliphatic rings. The smallest absolute Gasteiger partial charge is 0.0941 e. The van der Waals surface area contributed by atoms with E-state index in [9.17, 15) is 0 Å². The molecular weight excluding hydrogens is 230 g/mol. The average Bonchev–Trinajstić information content (AvgIpc) is 2.95. The van der Waals surface area contributed by atoms with Crippen LogP contribution < -0.4 is 5.32 Å². The first kappa shape index (κ1) is 13.0. The number of likely N-dealkylation sites (tertiary alicyclic amines) is 1. The van der Waals surface area contributed by atoms with Crippen LogP contribution in [0.1, 0.15) is 37.4 Å². The highest BCUT2D eigenvalue weighted by Gasteiger charge is 2.11. The molecule has 0 atom stereocenters. The van der Waals surface area contributed by atoms with Gasteiger partial charge in [-0.25, -0.2) is 4.98 Å². The van der Waals surface area contributed by atoms with Crippen LogP contribution >= 0.6 is 11.3 Å². The fraction of sp³-hybridized carbons (Fsp3) is 0.769. The van der Waals surface area contributed by atoms with E-state index in [1.165, 1.54) is 43.2 Å². The Morgan fingerprint density at radius 3 is 2.88 bits per heavy atom. The highest BCUT2D eigenvalue weighted by Crippen LogP contribution is 2.13.